The molecule has 0 atom stereocenters. The van der Waals surface area contributed by atoms with E-state index in [2.05, 4.69) is 31.2 Å². The van der Waals surface area contributed by atoms with Crippen LogP contribution in [-0.2, 0) is 6.42 Å². The van der Waals surface area contributed by atoms with Crippen LogP contribution in [0.25, 0.3) is 22.1 Å². The fourth-order valence-electron chi connectivity index (χ4n) is 2.80. The van der Waals surface area contributed by atoms with Gasteiger partial charge < -0.3 is 4.74 Å². The van der Waals surface area contributed by atoms with E-state index in [1.54, 1.807) is 7.11 Å². The van der Waals surface area contributed by atoms with E-state index < -0.39 is 0 Å². The van der Waals surface area contributed by atoms with Gasteiger partial charge in [-0.25, -0.2) is 4.42 Å². The molecule has 0 N–H and O–H groups in total. The summed E-state index contributed by atoms with van der Waals surface area (Å²) in [6.07, 6.45) is 0.939. The second-order valence-corrected chi connectivity index (χ2v) is 5.10. The first kappa shape index (κ1) is 13.6. The first-order valence-corrected chi connectivity index (χ1v) is 7.23. The molecule has 0 unspecified atom stereocenters. The van der Waals surface area contributed by atoms with Gasteiger partial charge in [-0.1, -0.05) is 25.1 Å². The summed E-state index contributed by atoms with van der Waals surface area (Å²) >= 11 is 0. The third kappa shape index (κ3) is 2.38. The van der Waals surface area contributed by atoms with E-state index >= 15 is 0 Å². The van der Waals surface area contributed by atoms with Crippen molar-refractivity contribution >= 4 is 10.8 Å². The zero-order chi connectivity index (χ0) is 14.8. The van der Waals surface area contributed by atoms with E-state index in [1.807, 2.05) is 31.2 Å². The van der Waals surface area contributed by atoms with Crippen molar-refractivity contribution in [2.75, 3.05) is 7.11 Å². The molecule has 1 aromatic heterocycles. The van der Waals surface area contributed by atoms with Crippen molar-refractivity contribution in [1.29, 1.82) is 0 Å². The summed E-state index contributed by atoms with van der Waals surface area (Å²) in [5.41, 5.74) is 2.34. The first-order chi connectivity index (χ1) is 10.2. The van der Waals surface area contributed by atoms with Crippen LogP contribution in [0.3, 0.4) is 0 Å². The summed E-state index contributed by atoms with van der Waals surface area (Å²) in [7, 11) is 1.70. The number of fused-ring (bicyclic) bond motifs is 1. The van der Waals surface area contributed by atoms with Crippen molar-refractivity contribution in [3.8, 4) is 17.1 Å². The van der Waals surface area contributed by atoms with Crippen LogP contribution in [-0.4, -0.2) is 7.11 Å². The molecule has 0 aliphatic rings. The highest BCUT2D eigenvalue weighted by Gasteiger charge is 2.23. The van der Waals surface area contributed by atoms with Gasteiger partial charge in [0, 0.05) is 5.39 Å². The normalized spacial score (nSPS) is 10.8. The lowest BCUT2D eigenvalue weighted by molar-refractivity contribution is 0.415. The van der Waals surface area contributed by atoms with Gasteiger partial charge in [-0.05, 0) is 36.8 Å². The lowest BCUT2D eigenvalue weighted by atomic mass is 9.99. The molecule has 0 saturated carbocycles. The van der Waals surface area contributed by atoms with Crippen molar-refractivity contribution in [3.63, 3.8) is 0 Å². The van der Waals surface area contributed by atoms with Crippen LogP contribution >= 0.6 is 0 Å². The highest BCUT2D eigenvalue weighted by Crippen LogP contribution is 2.35. The van der Waals surface area contributed by atoms with Gasteiger partial charge in [0.1, 0.15) is 5.75 Å². The summed E-state index contributed by atoms with van der Waals surface area (Å²) in [6.45, 7) is 4.18. The highest BCUT2D eigenvalue weighted by atomic mass is 16.5. The van der Waals surface area contributed by atoms with Crippen molar-refractivity contribution in [3.05, 3.63) is 59.9 Å². The Kier molecular flexibility index (Phi) is 3.61. The lowest BCUT2D eigenvalue weighted by Gasteiger charge is -2.06. The van der Waals surface area contributed by atoms with Gasteiger partial charge in [-0.3, -0.25) is 0 Å². The second-order valence-electron chi connectivity index (χ2n) is 5.10. The molecule has 2 aromatic carbocycles. The molecule has 2 heteroatoms. The minimum absolute atomic E-state index is 0.877. The van der Waals surface area contributed by atoms with Crippen LogP contribution in [0, 0.1) is 6.92 Å². The minimum atomic E-state index is 0.877. The number of hydrogen-bond acceptors (Lipinski definition) is 1. The van der Waals surface area contributed by atoms with Crippen LogP contribution in [0.4, 0.5) is 0 Å². The molecular weight excluding hydrogens is 260 g/mol. The Morgan fingerprint density at radius 2 is 1.76 bits per heavy atom. The Labute approximate surface area is 125 Å². The third-order valence-electron chi connectivity index (χ3n) is 3.87. The van der Waals surface area contributed by atoms with Gasteiger partial charge in [-0.15, -0.1) is 0 Å². The summed E-state index contributed by atoms with van der Waals surface area (Å²) < 4.78 is 11.5. The molecule has 0 bridgehead atoms. The van der Waals surface area contributed by atoms with Crippen molar-refractivity contribution < 1.29 is 9.15 Å². The molecule has 106 valence electrons. The molecule has 0 saturated heterocycles. The molecule has 2 nitrogen and oxygen atoms in total. The topological polar surface area (TPSA) is 20.5 Å². The van der Waals surface area contributed by atoms with E-state index in [-0.39, 0.29) is 0 Å². The molecule has 0 spiro atoms. The highest BCUT2D eigenvalue weighted by molar-refractivity contribution is 5.96. The molecule has 0 radical (unpaired) electrons. The Hall–Kier alpha value is -2.35. The van der Waals surface area contributed by atoms with E-state index in [9.17, 15) is 0 Å². The summed E-state index contributed by atoms with van der Waals surface area (Å²) in [4.78, 5) is 0. The molecule has 0 fully saturated rings. The van der Waals surface area contributed by atoms with Crippen molar-refractivity contribution in [2.45, 2.75) is 20.3 Å². The summed E-state index contributed by atoms with van der Waals surface area (Å²) in [6, 6.07) is 16.4. The molecule has 3 aromatic rings. The standard InChI is InChI=1S/C19H19O2/c1-4-16-13(2)21-19(14-8-6-5-7-9-14)17-11-10-15(20-3)12-18(16)17/h5-12H,4H2,1-3H3/q+1. The number of aryl methyl sites for hydroxylation is 2. The fourth-order valence-corrected chi connectivity index (χ4v) is 2.80. The molecule has 0 amide bonds. The molecule has 0 aliphatic carbocycles. The molecular formula is C19H19O2+. The molecule has 0 aliphatic heterocycles. The van der Waals surface area contributed by atoms with Crippen LogP contribution < -0.4 is 4.74 Å². The first-order valence-electron chi connectivity index (χ1n) is 7.23. The maximum absolute atomic E-state index is 6.13. The average Bonchev–Trinajstić information content (AvgIpc) is 2.54. The maximum Gasteiger partial charge on any atom is 0.367 e. The largest absolute Gasteiger partial charge is 0.497 e. The lowest BCUT2D eigenvalue weighted by Crippen LogP contribution is -1.93. The van der Waals surface area contributed by atoms with Crippen LogP contribution in [0.1, 0.15) is 18.2 Å². The maximum atomic E-state index is 6.13. The van der Waals surface area contributed by atoms with Crippen molar-refractivity contribution in [1.82, 2.24) is 0 Å². The van der Waals surface area contributed by atoms with Crippen LogP contribution in [0.15, 0.2) is 52.9 Å². The Bertz CT molecular complexity index is 776. The van der Waals surface area contributed by atoms with Gasteiger partial charge in [0.05, 0.1) is 30.5 Å². The van der Waals surface area contributed by atoms with Gasteiger partial charge in [0.25, 0.3) is 0 Å². The Balaban J connectivity index is 2.37. The monoisotopic (exact) mass is 279 g/mol. The number of methoxy groups -OCH3 is 1. The third-order valence-corrected chi connectivity index (χ3v) is 3.87. The minimum Gasteiger partial charge on any atom is -0.497 e. The fraction of sp³-hybridized carbons (Fsp3) is 0.211. The predicted molar refractivity (Wildman–Crippen MR) is 86.7 cm³/mol. The second kappa shape index (κ2) is 5.57. The summed E-state index contributed by atoms with van der Waals surface area (Å²) in [5, 5.41) is 2.34. The van der Waals surface area contributed by atoms with Gasteiger partial charge in [0.15, 0.2) is 0 Å². The zero-order valence-corrected chi connectivity index (χ0v) is 12.6. The van der Waals surface area contributed by atoms with Crippen LogP contribution in [0.5, 0.6) is 5.75 Å². The number of hydrogen-bond donors (Lipinski definition) is 0. The Morgan fingerprint density at radius 1 is 1.00 bits per heavy atom. The smallest absolute Gasteiger partial charge is 0.367 e. The quantitative estimate of drug-likeness (QED) is 0.609. The van der Waals surface area contributed by atoms with E-state index in [4.69, 9.17) is 9.15 Å². The number of benzene rings is 2. The van der Waals surface area contributed by atoms with Crippen LogP contribution in [0.2, 0.25) is 0 Å². The van der Waals surface area contributed by atoms with E-state index in [0.717, 1.165) is 34.6 Å². The molecule has 21 heavy (non-hydrogen) atoms. The van der Waals surface area contributed by atoms with Gasteiger partial charge >= 0.3 is 11.5 Å². The SMILES string of the molecule is CCc1c(C)[o+]c(-c2ccccc2)c2ccc(OC)cc12. The molecule has 1 heterocycles. The van der Waals surface area contributed by atoms with Gasteiger partial charge in [0.2, 0.25) is 0 Å². The van der Waals surface area contributed by atoms with E-state index in [1.165, 1.54) is 10.9 Å². The average molecular weight is 279 g/mol. The zero-order valence-electron chi connectivity index (χ0n) is 12.6. The van der Waals surface area contributed by atoms with Gasteiger partial charge in [-0.2, -0.15) is 0 Å². The Morgan fingerprint density at radius 3 is 2.43 bits per heavy atom. The summed E-state index contributed by atoms with van der Waals surface area (Å²) in [5.74, 6) is 2.77. The van der Waals surface area contributed by atoms with E-state index in [0.29, 0.717) is 0 Å². The predicted octanol–water partition coefficient (Wildman–Crippen LogP) is 5.26. The van der Waals surface area contributed by atoms with Crippen molar-refractivity contribution in [2.24, 2.45) is 0 Å². The molecule has 3 rings (SSSR count). The number of rotatable bonds is 3. The number of ether oxygens (including phenoxy) is 1.